The van der Waals surface area contributed by atoms with E-state index in [1.165, 1.54) is 5.56 Å². The smallest absolute Gasteiger partial charge is 0.129 e. The molecule has 17 heavy (non-hydrogen) atoms. The Morgan fingerprint density at radius 1 is 1.35 bits per heavy atom. The fourth-order valence-electron chi connectivity index (χ4n) is 1.92. The van der Waals surface area contributed by atoms with Gasteiger partial charge in [0.25, 0.3) is 0 Å². The van der Waals surface area contributed by atoms with Crippen LogP contribution in [0.5, 0.6) is 0 Å². The minimum atomic E-state index is -0.365. The number of ether oxygens (including phenoxy) is 2. The second kappa shape index (κ2) is 6.40. The van der Waals surface area contributed by atoms with E-state index in [0.717, 1.165) is 6.42 Å². The van der Waals surface area contributed by atoms with Crippen molar-refractivity contribution < 1.29 is 14.6 Å². The number of benzene rings is 1. The Kier molecular flexibility index (Phi) is 4.86. The minimum absolute atomic E-state index is 0.0969. The van der Waals surface area contributed by atoms with Crippen LogP contribution in [-0.4, -0.2) is 35.6 Å². The number of methoxy groups -OCH3 is 1. The monoisotopic (exact) mass is 254 g/mol. The lowest BCUT2D eigenvalue weighted by molar-refractivity contribution is 0.0424. The molecule has 3 nitrogen and oxygen atoms in total. The first-order chi connectivity index (χ1) is 8.29. The van der Waals surface area contributed by atoms with Gasteiger partial charge in [-0.15, -0.1) is 11.8 Å². The molecule has 1 aromatic rings. The summed E-state index contributed by atoms with van der Waals surface area (Å²) in [6.07, 6.45) is 0.383. The van der Waals surface area contributed by atoms with Crippen molar-refractivity contribution in [2.45, 2.75) is 29.8 Å². The van der Waals surface area contributed by atoms with Crippen LogP contribution in [0.15, 0.2) is 30.3 Å². The number of hydrogen-bond acceptors (Lipinski definition) is 4. The molecule has 4 heteroatoms. The number of hydrogen-bond donors (Lipinski definition) is 1. The predicted octanol–water partition coefficient (Wildman–Crippen LogP) is 2.04. The van der Waals surface area contributed by atoms with Crippen LogP contribution in [0.25, 0.3) is 0 Å². The summed E-state index contributed by atoms with van der Waals surface area (Å²) in [7, 11) is 1.63. The maximum atomic E-state index is 9.67. The molecule has 1 aromatic carbocycles. The summed E-state index contributed by atoms with van der Waals surface area (Å²) in [5, 5.41) is 10.0. The fraction of sp³-hybridized carbons (Fsp3) is 0.538. The second-order valence-corrected chi connectivity index (χ2v) is 5.57. The first kappa shape index (κ1) is 12.9. The third kappa shape index (κ3) is 3.71. The quantitative estimate of drug-likeness (QED) is 0.872. The molecular weight excluding hydrogens is 236 g/mol. The molecule has 3 unspecified atom stereocenters. The van der Waals surface area contributed by atoms with E-state index in [1.54, 1.807) is 18.9 Å². The summed E-state index contributed by atoms with van der Waals surface area (Å²) in [5.74, 6) is 0. The molecule has 3 atom stereocenters. The highest BCUT2D eigenvalue weighted by Gasteiger charge is 2.33. The molecule has 1 aliphatic heterocycles. The molecule has 1 N–H and O–H groups in total. The number of aliphatic hydroxyl groups is 1. The second-order valence-electron chi connectivity index (χ2n) is 4.17. The van der Waals surface area contributed by atoms with Crippen molar-refractivity contribution in [1.29, 1.82) is 0 Å². The SMILES string of the molecule is COC1SC(COCc2ccccc2)CC1O. The molecule has 0 aromatic heterocycles. The van der Waals surface area contributed by atoms with Gasteiger partial charge in [-0.2, -0.15) is 0 Å². The first-order valence-corrected chi connectivity index (χ1v) is 6.72. The van der Waals surface area contributed by atoms with Gasteiger partial charge in [-0.25, -0.2) is 0 Å². The van der Waals surface area contributed by atoms with Crippen LogP contribution in [0.3, 0.4) is 0 Å². The van der Waals surface area contributed by atoms with Crippen molar-refractivity contribution in [3.05, 3.63) is 35.9 Å². The van der Waals surface area contributed by atoms with Crippen LogP contribution < -0.4 is 0 Å². The highest BCUT2D eigenvalue weighted by Crippen LogP contribution is 2.34. The van der Waals surface area contributed by atoms with Gasteiger partial charge < -0.3 is 14.6 Å². The van der Waals surface area contributed by atoms with Gasteiger partial charge in [0.2, 0.25) is 0 Å². The zero-order valence-corrected chi connectivity index (χ0v) is 10.7. The van der Waals surface area contributed by atoms with Crippen LogP contribution in [0.4, 0.5) is 0 Å². The summed E-state index contributed by atoms with van der Waals surface area (Å²) in [6, 6.07) is 10.1. The Balaban J connectivity index is 1.70. The largest absolute Gasteiger partial charge is 0.389 e. The van der Waals surface area contributed by atoms with Gasteiger partial charge in [-0.3, -0.25) is 0 Å². The molecule has 0 aliphatic carbocycles. The summed E-state index contributed by atoms with van der Waals surface area (Å²) in [5.41, 5.74) is 1.08. The van der Waals surface area contributed by atoms with E-state index < -0.39 is 0 Å². The molecule has 0 saturated carbocycles. The lowest BCUT2D eigenvalue weighted by Crippen LogP contribution is -2.18. The number of thioether (sulfide) groups is 1. The molecule has 0 amide bonds. The van der Waals surface area contributed by atoms with Crippen LogP contribution in [-0.2, 0) is 16.1 Å². The van der Waals surface area contributed by atoms with E-state index >= 15 is 0 Å². The maximum Gasteiger partial charge on any atom is 0.129 e. The lowest BCUT2D eigenvalue weighted by Gasteiger charge is -2.11. The normalized spacial score (nSPS) is 28.5. The molecule has 1 heterocycles. The van der Waals surface area contributed by atoms with Crippen molar-refractivity contribution in [3.8, 4) is 0 Å². The zero-order valence-electron chi connectivity index (χ0n) is 9.91. The van der Waals surface area contributed by atoms with Crippen LogP contribution in [0, 0.1) is 0 Å². The zero-order chi connectivity index (χ0) is 12.1. The van der Waals surface area contributed by atoms with E-state index in [2.05, 4.69) is 12.1 Å². The Bertz CT molecular complexity index is 331. The summed E-state index contributed by atoms with van der Waals surface area (Å²) in [6.45, 7) is 1.29. The number of rotatable bonds is 5. The van der Waals surface area contributed by atoms with E-state index in [4.69, 9.17) is 9.47 Å². The van der Waals surface area contributed by atoms with Gasteiger partial charge in [-0.05, 0) is 12.0 Å². The third-order valence-electron chi connectivity index (χ3n) is 2.79. The van der Waals surface area contributed by atoms with Crippen molar-refractivity contribution >= 4 is 11.8 Å². The summed E-state index contributed by atoms with van der Waals surface area (Å²) in [4.78, 5) is 0. The van der Waals surface area contributed by atoms with Crippen molar-refractivity contribution in [2.75, 3.05) is 13.7 Å². The molecule has 1 fully saturated rings. The Morgan fingerprint density at radius 2 is 2.12 bits per heavy atom. The molecule has 1 aliphatic rings. The summed E-state index contributed by atoms with van der Waals surface area (Å²) >= 11 is 1.66. The maximum absolute atomic E-state index is 9.67. The van der Waals surface area contributed by atoms with E-state index in [1.807, 2.05) is 18.2 Å². The molecule has 2 rings (SSSR count). The Labute approximate surface area is 106 Å². The summed E-state index contributed by atoms with van der Waals surface area (Å²) < 4.78 is 10.8. The predicted molar refractivity (Wildman–Crippen MR) is 68.9 cm³/mol. The minimum Gasteiger partial charge on any atom is -0.389 e. The molecule has 0 spiro atoms. The Hall–Kier alpha value is -0.550. The van der Waals surface area contributed by atoms with Crippen molar-refractivity contribution in [2.24, 2.45) is 0 Å². The van der Waals surface area contributed by atoms with Crippen LogP contribution in [0.1, 0.15) is 12.0 Å². The molecule has 1 saturated heterocycles. The van der Waals surface area contributed by atoms with Crippen LogP contribution in [0.2, 0.25) is 0 Å². The van der Waals surface area contributed by atoms with E-state index in [-0.39, 0.29) is 11.5 Å². The number of aliphatic hydroxyl groups excluding tert-OH is 1. The highest BCUT2D eigenvalue weighted by atomic mass is 32.2. The van der Waals surface area contributed by atoms with E-state index in [9.17, 15) is 5.11 Å². The van der Waals surface area contributed by atoms with Gasteiger partial charge in [0, 0.05) is 12.4 Å². The third-order valence-corrected chi connectivity index (χ3v) is 4.28. The van der Waals surface area contributed by atoms with Gasteiger partial charge in [0.1, 0.15) is 5.44 Å². The van der Waals surface area contributed by atoms with Gasteiger partial charge in [0.05, 0.1) is 19.3 Å². The van der Waals surface area contributed by atoms with Gasteiger partial charge >= 0.3 is 0 Å². The van der Waals surface area contributed by atoms with Crippen molar-refractivity contribution in [3.63, 3.8) is 0 Å². The lowest BCUT2D eigenvalue weighted by atomic mass is 10.2. The molecule has 94 valence electrons. The highest BCUT2D eigenvalue weighted by molar-refractivity contribution is 8.00. The van der Waals surface area contributed by atoms with Crippen LogP contribution >= 0.6 is 11.8 Å². The molecule has 0 radical (unpaired) electrons. The average Bonchev–Trinajstić information content (AvgIpc) is 2.71. The fourth-order valence-corrected chi connectivity index (χ4v) is 3.18. The van der Waals surface area contributed by atoms with E-state index in [0.29, 0.717) is 18.5 Å². The molecular formula is C13H18O3S. The topological polar surface area (TPSA) is 38.7 Å². The average molecular weight is 254 g/mol. The van der Waals surface area contributed by atoms with Gasteiger partial charge in [0.15, 0.2) is 0 Å². The Morgan fingerprint density at radius 3 is 2.76 bits per heavy atom. The van der Waals surface area contributed by atoms with Crippen molar-refractivity contribution in [1.82, 2.24) is 0 Å². The first-order valence-electron chi connectivity index (χ1n) is 5.77. The van der Waals surface area contributed by atoms with Gasteiger partial charge in [-0.1, -0.05) is 30.3 Å². The standard InChI is InChI=1S/C13H18O3S/c1-15-13-12(14)7-11(17-13)9-16-8-10-5-3-2-4-6-10/h2-6,11-14H,7-9H2,1H3. The molecule has 0 bridgehead atoms.